The number of nitrogens with zero attached hydrogens (tertiary/aromatic N) is 1. The highest BCUT2D eigenvalue weighted by atomic mass is 35.5. The minimum atomic E-state index is -3.96. The Hall–Kier alpha value is -2.42. The van der Waals surface area contributed by atoms with E-state index < -0.39 is 21.0 Å². The molecule has 5 aliphatic rings. The molecule has 5 aliphatic carbocycles. The highest BCUT2D eigenvalue weighted by Gasteiger charge is 2.61. The molecular formula is C28H32ClN3O4S. The SMILES string of the molecule is CN(C1(C(=O)NC2C3CC4CC2CC(C(N)=O)(C4)C3)CC1)S(=O)(=O)c1ccc(-c2ccccc2)c(Cl)c1. The van der Waals surface area contributed by atoms with Crippen LogP contribution in [0.3, 0.4) is 0 Å². The molecule has 4 bridgehead atoms. The summed E-state index contributed by atoms with van der Waals surface area (Å²) in [5, 5.41) is 3.58. The second-order valence-electron chi connectivity index (χ2n) is 11.6. The molecule has 3 N–H and O–H groups in total. The van der Waals surface area contributed by atoms with Crippen molar-refractivity contribution in [3.63, 3.8) is 0 Å². The Morgan fingerprint density at radius 3 is 2.24 bits per heavy atom. The van der Waals surface area contributed by atoms with Crippen LogP contribution < -0.4 is 11.1 Å². The van der Waals surface area contributed by atoms with Crippen LogP contribution in [0.4, 0.5) is 0 Å². The molecule has 2 aromatic rings. The summed E-state index contributed by atoms with van der Waals surface area (Å²) in [6.45, 7) is 0. The third kappa shape index (κ3) is 3.91. The predicted octanol–water partition coefficient (Wildman–Crippen LogP) is 3.96. The molecule has 2 atom stereocenters. The highest BCUT2D eigenvalue weighted by molar-refractivity contribution is 7.89. The molecule has 0 radical (unpaired) electrons. The molecular weight excluding hydrogens is 510 g/mol. The van der Waals surface area contributed by atoms with Crippen LogP contribution in [0.1, 0.15) is 44.9 Å². The van der Waals surface area contributed by atoms with E-state index in [4.69, 9.17) is 17.3 Å². The molecule has 9 heteroatoms. The van der Waals surface area contributed by atoms with Crippen molar-refractivity contribution in [1.82, 2.24) is 9.62 Å². The van der Waals surface area contributed by atoms with Gasteiger partial charge in [-0.2, -0.15) is 4.31 Å². The lowest BCUT2D eigenvalue weighted by Gasteiger charge is -2.59. The number of hydrogen-bond donors (Lipinski definition) is 2. The Morgan fingerprint density at radius 1 is 1.03 bits per heavy atom. The second-order valence-corrected chi connectivity index (χ2v) is 14.0. The van der Waals surface area contributed by atoms with E-state index in [1.54, 1.807) is 12.1 Å². The lowest BCUT2D eigenvalue weighted by molar-refractivity contribution is -0.148. The van der Waals surface area contributed by atoms with E-state index in [0.29, 0.717) is 36.6 Å². The second kappa shape index (κ2) is 8.55. The van der Waals surface area contributed by atoms with Gasteiger partial charge < -0.3 is 11.1 Å². The lowest BCUT2D eigenvalue weighted by Crippen LogP contribution is -2.64. The molecule has 2 amide bonds. The van der Waals surface area contributed by atoms with Gasteiger partial charge in [-0.1, -0.05) is 48.0 Å². The summed E-state index contributed by atoms with van der Waals surface area (Å²) >= 11 is 6.50. The largest absolute Gasteiger partial charge is 0.369 e. The molecule has 7 rings (SSSR count). The fraction of sp³-hybridized carbons (Fsp3) is 0.500. The van der Waals surface area contributed by atoms with E-state index in [2.05, 4.69) is 5.32 Å². The molecule has 196 valence electrons. The Kier molecular flexibility index (Phi) is 5.75. The quantitative estimate of drug-likeness (QED) is 0.553. The normalized spacial score (nSPS) is 31.3. The van der Waals surface area contributed by atoms with Crippen molar-refractivity contribution in [2.45, 2.75) is 61.4 Å². The van der Waals surface area contributed by atoms with E-state index >= 15 is 0 Å². The molecule has 37 heavy (non-hydrogen) atoms. The van der Waals surface area contributed by atoms with Gasteiger partial charge in [-0.25, -0.2) is 8.42 Å². The average molecular weight is 542 g/mol. The molecule has 0 aliphatic heterocycles. The molecule has 0 saturated heterocycles. The number of primary amides is 1. The Bertz CT molecular complexity index is 1360. The van der Waals surface area contributed by atoms with Crippen LogP contribution in [-0.2, 0) is 19.6 Å². The monoisotopic (exact) mass is 541 g/mol. The number of nitrogens with two attached hydrogens (primary N) is 1. The zero-order chi connectivity index (χ0) is 26.2. The van der Waals surface area contributed by atoms with Crippen LogP contribution in [0, 0.1) is 23.2 Å². The first-order valence-electron chi connectivity index (χ1n) is 13.0. The molecule has 0 heterocycles. The van der Waals surface area contributed by atoms with Crippen LogP contribution in [0.25, 0.3) is 11.1 Å². The van der Waals surface area contributed by atoms with E-state index in [0.717, 1.165) is 30.4 Å². The van der Waals surface area contributed by atoms with Gasteiger partial charge in [0.05, 0.1) is 4.90 Å². The van der Waals surface area contributed by atoms with E-state index in [1.807, 2.05) is 30.3 Å². The fourth-order valence-corrected chi connectivity index (χ4v) is 9.45. The molecule has 2 aromatic carbocycles. The minimum absolute atomic E-state index is 0.0373. The number of rotatable bonds is 7. The molecule has 2 unspecified atom stereocenters. The van der Waals surface area contributed by atoms with Crippen molar-refractivity contribution < 1.29 is 18.0 Å². The van der Waals surface area contributed by atoms with Crippen LogP contribution in [0.5, 0.6) is 0 Å². The predicted molar refractivity (Wildman–Crippen MR) is 141 cm³/mol. The van der Waals surface area contributed by atoms with Crippen molar-refractivity contribution in [2.24, 2.45) is 28.9 Å². The maximum absolute atomic E-state index is 13.6. The average Bonchev–Trinajstić information content (AvgIpc) is 3.68. The molecule has 5 saturated carbocycles. The van der Waals surface area contributed by atoms with Gasteiger partial charge in [0.2, 0.25) is 21.8 Å². The van der Waals surface area contributed by atoms with Crippen LogP contribution in [0.15, 0.2) is 53.4 Å². The Morgan fingerprint density at radius 2 is 1.68 bits per heavy atom. The molecule has 0 spiro atoms. The van der Waals surface area contributed by atoms with Gasteiger partial charge in [-0.15, -0.1) is 0 Å². The van der Waals surface area contributed by atoms with Crippen molar-refractivity contribution in [3.05, 3.63) is 53.6 Å². The maximum atomic E-state index is 13.6. The maximum Gasteiger partial charge on any atom is 0.243 e. The van der Waals surface area contributed by atoms with E-state index in [-0.39, 0.29) is 34.6 Å². The minimum Gasteiger partial charge on any atom is -0.369 e. The lowest BCUT2D eigenvalue weighted by atomic mass is 9.47. The summed E-state index contributed by atoms with van der Waals surface area (Å²) in [6, 6.07) is 14.2. The third-order valence-electron chi connectivity index (χ3n) is 9.53. The zero-order valence-corrected chi connectivity index (χ0v) is 22.4. The zero-order valence-electron chi connectivity index (χ0n) is 20.8. The number of carbonyl (C=O) groups excluding carboxylic acids is 2. The van der Waals surface area contributed by atoms with Gasteiger partial charge in [0.1, 0.15) is 5.54 Å². The van der Waals surface area contributed by atoms with Gasteiger partial charge in [-0.3, -0.25) is 9.59 Å². The standard InChI is InChI=1S/C28H32ClN3O4S/c1-32(37(35,36)21-7-8-22(23(29)13-21)18-5-3-2-4-6-18)28(9-10-28)26(34)31-24-19-11-17-12-20(24)16-27(14-17,15-19)25(30)33/h2-8,13,17,19-20,24H,9-12,14-16H2,1H3,(H2,30,33)(H,31,34). The highest BCUT2D eigenvalue weighted by Crippen LogP contribution is 2.60. The summed E-state index contributed by atoms with van der Waals surface area (Å²) < 4.78 is 28.5. The number of benzene rings is 2. The topological polar surface area (TPSA) is 110 Å². The van der Waals surface area contributed by atoms with Crippen LogP contribution in [0.2, 0.25) is 5.02 Å². The van der Waals surface area contributed by atoms with Crippen molar-refractivity contribution in [2.75, 3.05) is 7.05 Å². The van der Waals surface area contributed by atoms with Crippen molar-refractivity contribution in [1.29, 1.82) is 0 Å². The first-order valence-corrected chi connectivity index (χ1v) is 14.8. The van der Waals surface area contributed by atoms with Crippen molar-refractivity contribution >= 4 is 33.4 Å². The summed E-state index contributed by atoms with van der Waals surface area (Å²) in [5.41, 5.74) is 5.92. The molecule has 5 fully saturated rings. The number of carbonyl (C=O) groups is 2. The molecule has 7 nitrogen and oxygen atoms in total. The van der Waals surface area contributed by atoms with Gasteiger partial charge in [0.15, 0.2) is 0 Å². The van der Waals surface area contributed by atoms with Crippen LogP contribution in [-0.4, -0.2) is 43.2 Å². The first-order chi connectivity index (χ1) is 17.6. The fourth-order valence-electron chi connectivity index (χ4n) is 7.55. The van der Waals surface area contributed by atoms with Gasteiger partial charge in [0, 0.05) is 29.1 Å². The van der Waals surface area contributed by atoms with E-state index in [1.165, 1.54) is 17.4 Å². The molecule has 0 aromatic heterocycles. The first kappa shape index (κ1) is 24.9. The number of sulfonamides is 1. The smallest absolute Gasteiger partial charge is 0.243 e. The summed E-state index contributed by atoms with van der Waals surface area (Å²) in [5.74, 6) is 0.462. The number of halogens is 1. The van der Waals surface area contributed by atoms with E-state index in [9.17, 15) is 18.0 Å². The Balaban J connectivity index is 1.21. The van der Waals surface area contributed by atoms with Gasteiger partial charge in [0.25, 0.3) is 0 Å². The van der Waals surface area contributed by atoms with Crippen molar-refractivity contribution in [3.8, 4) is 11.1 Å². The number of nitrogens with one attached hydrogen (secondary N) is 1. The summed E-state index contributed by atoms with van der Waals surface area (Å²) in [7, 11) is -2.47. The Labute approximate surface area is 222 Å². The summed E-state index contributed by atoms with van der Waals surface area (Å²) in [4.78, 5) is 26.0. The van der Waals surface area contributed by atoms with Gasteiger partial charge in [-0.05, 0) is 80.4 Å². The van der Waals surface area contributed by atoms with Crippen LogP contribution >= 0.6 is 11.6 Å². The van der Waals surface area contributed by atoms with Gasteiger partial charge >= 0.3 is 0 Å². The number of hydrogen-bond acceptors (Lipinski definition) is 4. The number of likely N-dealkylation sites (N-methyl/N-ethyl adjacent to an activating group) is 1. The number of amides is 2. The third-order valence-corrected chi connectivity index (χ3v) is 11.8. The summed E-state index contributed by atoms with van der Waals surface area (Å²) in [6.07, 6.45) is 5.22.